The minimum absolute atomic E-state index is 0.119. The Hall–Kier alpha value is -1.30. The SMILES string of the molecule is CCOC(=O)Cc1ncc(C(F)F)c(F)c1Cl. The lowest BCUT2D eigenvalue weighted by molar-refractivity contribution is -0.142. The molecule has 1 heterocycles. The van der Waals surface area contributed by atoms with E-state index in [-0.39, 0.29) is 18.7 Å². The molecule has 17 heavy (non-hydrogen) atoms. The summed E-state index contributed by atoms with van der Waals surface area (Å²) in [5.74, 6) is -1.90. The Balaban J connectivity index is 2.96. The summed E-state index contributed by atoms with van der Waals surface area (Å²) in [5.41, 5.74) is -1.00. The van der Waals surface area contributed by atoms with Crippen LogP contribution < -0.4 is 0 Å². The van der Waals surface area contributed by atoms with Crippen molar-refractivity contribution in [1.29, 1.82) is 0 Å². The molecule has 0 bridgehead atoms. The third kappa shape index (κ3) is 3.33. The number of carbonyl (C=O) groups is 1. The first-order valence-electron chi connectivity index (χ1n) is 4.73. The number of pyridine rings is 1. The molecule has 0 unspecified atom stereocenters. The average Bonchev–Trinajstić information content (AvgIpc) is 2.25. The fraction of sp³-hybridized carbons (Fsp3) is 0.400. The Morgan fingerprint density at radius 2 is 2.24 bits per heavy atom. The lowest BCUT2D eigenvalue weighted by Crippen LogP contribution is -2.10. The predicted octanol–water partition coefficient (Wildman–Crippen LogP) is 2.92. The van der Waals surface area contributed by atoms with Crippen LogP contribution in [0.1, 0.15) is 24.6 Å². The number of nitrogens with zero attached hydrogens (tertiary/aromatic N) is 1. The van der Waals surface area contributed by atoms with Gasteiger partial charge in [0.25, 0.3) is 6.43 Å². The maximum Gasteiger partial charge on any atom is 0.311 e. The highest BCUT2D eigenvalue weighted by Gasteiger charge is 2.20. The third-order valence-electron chi connectivity index (χ3n) is 1.91. The van der Waals surface area contributed by atoms with E-state index >= 15 is 0 Å². The summed E-state index contributed by atoms with van der Waals surface area (Å²) in [5, 5.41) is -0.573. The summed E-state index contributed by atoms with van der Waals surface area (Å²) in [6.45, 7) is 1.77. The Labute approximate surface area is 101 Å². The number of hydrogen-bond acceptors (Lipinski definition) is 3. The monoisotopic (exact) mass is 267 g/mol. The van der Waals surface area contributed by atoms with E-state index in [9.17, 15) is 18.0 Å². The molecular weight excluding hydrogens is 259 g/mol. The Morgan fingerprint density at radius 3 is 2.76 bits per heavy atom. The van der Waals surface area contributed by atoms with Crippen molar-refractivity contribution >= 4 is 17.6 Å². The van der Waals surface area contributed by atoms with E-state index in [4.69, 9.17) is 11.6 Å². The number of aromatic nitrogens is 1. The fourth-order valence-corrected chi connectivity index (χ4v) is 1.36. The van der Waals surface area contributed by atoms with E-state index in [2.05, 4.69) is 9.72 Å². The molecular formula is C10H9ClF3NO2. The second kappa shape index (κ2) is 5.86. The van der Waals surface area contributed by atoms with Gasteiger partial charge in [-0.2, -0.15) is 0 Å². The minimum Gasteiger partial charge on any atom is -0.466 e. The quantitative estimate of drug-likeness (QED) is 0.788. The highest BCUT2D eigenvalue weighted by Crippen LogP contribution is 2.28. The van der Waals surface area contributed by atoms with E-state index in [0.717, 1.165) is 0 Å². The molecule has 0 aromatic carbocycles. The van der Waals surface area contributed by atoms with Gasteiger partial charge in [-0.05, 0) is 6.92 Å². The summed E-state index contributed by atoms with van der Waals surface area (Å²) in [4.78, 5) is 14.6. The molecule has 0 saturated heterocycles. The van der Waals surface area contributed by atoms with Crippen molar-refractivity contribution in [3.05, 3.63) is 28.3 Å². The van der Waals surface area contributed by atoms with E-state index in [0.29, 0.717) is 6.20 Å². The molecule has 1 aromatic rings. The standard InChI is InChI=1S/C10H9ClF3NO2/c1-2-17-7(16)3-6-8(11)9(12)5(4-15-6)10(13)14/h4,10H,2-3H2,1H3. The highest BCUT2D eigenvalue weighted by atomic mass is 35.5. The van der Waals surface area contributed by atoms with Gasteiger partial charge in [0.2, 0.25) is 0 Å². The van der Waals surface area contributed by atoms with Crippen LogP contribution in [0, 0.1) is 5.82 Å². The van der Waals surface area contributed by atoms with Crippen molar-refractivity contribution in [1.82, 2.24) is 4.98 Å². The number of rotatable bonds is 4. The third-order valence-corrected chi connectivity index (χ3v) is 2.30. The van der Waals surface area contributed by atoms with Crippen LogP contribution in [0.15, 0.2) is 6.20 Å². The normalized spacial score (nSPS) is 10.7. The van der Waals surface area contributed by atoms with Crippen LogP contribution in [-0.2, 0) is 16.0 Å². The number of hydrogen-bond donors (Lipinski definition) is 0. The van der Waals surface area contributed by atoms with Gasteiger partial charge in [-0.15, -0.1) is 0 Å². The van der Waals surface area contributed by atoms with Gasteiger partial charge in [-0.3, -0.25) is 9.78 Å². The van der Waals surface area contributed by atoms with Crippen LogP contribution in [0.25, 0.3) is 0 Å². The molecule has 0 radical (unpaired) electrons. The second-order valence-electron chi connectivity index (χ2n) is 3.07. The molecule has 0 atom stereocenters. The number of halogens is 4. The lowest BCUT2D eigenvalue weighted by Gasteiger charge is -2.07. The minimum atomic E-state index is -3.00. The number of alkyl halides is 2. The van der Waals surface area contributed by atoms with Crippen molar-refractivity contribution in [3.63, 3.8) is 0 Å². The number of esters is 1. The number of carbonyl (C=O) groups excluding carboxylic acids is 1. The van der Waals surface area contributed by atoms with Gasteiger partial charge >= 0.3 is 5.97 Å². The molecule has 0 aliphatic carbocycles. The molecule has 0 N–H and O–H groups in total. The first kappa shape index (κ1) is 13.8. The number of ether oxygens (including phenoxy) is 1. The van der Waals surface area contributed by atoms with Crippen LogP contribution in [-0.4, -0.2) is 17.6 Å². The molecule has 0 aliphatic rings. The van der Waals surface area contributed by atoms with Crippen LogP contribution in [0.5, 0.6) is 0 Å². The molecule has 7 heteroatoms. The highest BCUT2D eigenvalue weighted by molar-refractivity contribution is 6.31. The first-order valence-corrected chi connectivity index (χ1v) is 5.11. The van der Waals surface area contributed by atoms with E-state index < -0.39 is 28.8 Å². The van der Waals surface area contributed by atoms with Crippen LogP contribution in [0.3, 0.4) is 0 Å². The van der Waals surface area contributed by atoms with Gasteiger partial charge in [0.1, 0.15) is 0 Å². The summed E-state index contributed by atoms with van der Waals surface area (Å²) in [6.07, 6.45) is -2.69. The van der Waals surface area contributed by atoms with Gasteiger partial charge in [0.15, 0.2) is 5.82 Å². The van der Waals surface area contributed by atoms with Crippen molar-refractivity contribution < 1.29 is 22.7 Å². The maximum atomic E-state index is 13.3. The average molecular weight is 268 g/mol. The van der Waals surface area contributed by atoms with E-state index in [1.807, 2.05) is 0 Å². The summed E-state index contributed by atoms with van der Waals surface area (Å²) >= 11 is 5.51. The lowest BCUT2D eigenvalue weighted by atomic mass is 10.2. The van der Waals surface area contributed by atoms with E-state index in [1.165, 1.54) is 0 Å². The second-order valence-corrected chi connectivity index (χ2v) is 3.45. The first-order chi connectivity index (χ1) is 7.97. The zero-order valence-corrected chi connectivity index (χ0v) is 9.60. The van der Waals surface area contributed by atoms with Crippen molar-refractivity contribution in [2.45, 2.75) is 19.8 Å². The van der Waals surface area contributed by atoms with Crippen LogP contribution >= 0.6 is 11.6 Å². The maximum absolute atomic E-state index is 13.3. The molecule has 1 rings (SSSR count). The van der Waals surface area contributed by atoms with Crippen LogP contribution in [0.4, 0.5) is 13.2 Å². The molecule has 0 fully saturated rings. The zero-order valence-electron chi connectivity index (χ0n) is 8.84. The molecule has 0 spiro atoms. The summed E-state index contributed by atoms with van der Waals surface area (Å²) in [6, 6.07) is 0. The molecule has 94 valence electrons. The molecule has 1 aromatic heterocycles. The van der Waals surface area contributed by atoms with Crippen molar-refractivity contribution in [2.24, 2.45) is 0 Å². The molecule has 3 nitrogen and oxygen atoms in total. The Kier molecular flexibility index (Phi) is 4.74. The van der Waals surface area contributed by atoms with Gasteiger partial charge < -0.3 is 4.74 Å². The zero-order chi connectivity index (χ0) is 13.0. The molecule has 0 aliphatic heterocycles. The van der Waals surface area contributed by atoms with Gasteiger partial charge in [0.05, 0.1) is 29.3 Å². The molecule has 0 amide bonds. The smallest absolute Gasteiger partial charge is 0.311 e. The topological polar surface area (TPSA) is 39.2 Å². The van der Waals surface area contributed by atoms with Crippen molar-refractivity contribution in [3.8, 4) is 0 Å². The van der Waals surface area contributed by atoms with Gasteiger partial charge in [-0.25, -0.2) is 13.2 Å². The summed E-state index contributed by atoms with van der Waals surface area (Å²) < 4.78 is 42.5. The fourth-order valence-electron chi connectivity index (χ4n) is 1.14. The van der Waals surface area contributed by atoms with Crippen LogP contribution in [0.2, 0.25) is 5.02 Å². The molecule has 0 saturated carbocycles. The summed E-state index contributed by atoms with van der Waals surface area (Å²) in [7, 11) is 0. The van der Waals surface area contributed by atoms with E-state index in [1.54, 1.807) is 6.92 Å². The Bertz CT molecular complexity index is 426. The largest absolute Gasteiger partial charge is 0.466 e. The predicted molar refractivity (Wildman–Crippen MR) is 54.5 cm³/mol. The van der Waals surface area contributed by atoms with Crippen molar-refractivity contribution in [2.75, 3.05) is 6.61 Å². The van der Waals surface area contributed by atoms with Gasteiger partial charge in [-0.1, -0.05) is 11.6 Å². The van der Waals surface area contributed by atoms with Gasteiger partial charge in [0, 0.05) is 6.20 Å². The Morgan fingerprint density at radius 1 is 1.59 bits per heavy atom.